The number of carbonyl (C=O) groups excluding carboxylic acids is 2. The lowest BCUT2D eigenvalue weighted by Gasteiger charge is -2.19. The number of anilines is 1. The van der Waals surface area contributed by atoms with Crippen LogP contribution in [0.5, 0.6) is 0 Å². The molecule has 1 amide bonds. The second-order valence-electron chi connectivity index (χ2n) is 4.46. The highest BCUT2D eigenvalue weighted by Crippen LogP contribution is 2.24. The fraction of sp³-hybridized carbons (Fsp3) is 0.385. The largest absolute Gasteiger partial charge is 0.367 e. The Balaban J connectivity index is 2.09. The van der Waals surface area contributed by atoms with E-state index < -0.39 is 5.82 Å². The third-order valence-corrected chi connectivity index (χ3v) is 3.04. The van der Waals surface area contributed by atoms with Crippen LogP contribution in [0.3, 0.4) is 0 Å². The topological polar surface area (TPSA) is 49.4 Å². The van der Waals surface area contributed by atoms with E-state index in [1.54, 1.807) is 12.1 Å². The number of amides is 1. The van der Waals surface area contributed by atoms with Crippen LogP contribution in [0.15, 0.2) is 18.2 Å². The van der Waals surface area contributed by atoms with Crippen LogP contribution in [0, 0.1) is 5.82 Å². The Bertz CT molecular complexity index is 476. The van der Waals surface area contributed by atoms with Crippen molar-refractivity contribution in [3.63, 3.8) is 0 Å². The van der Waals surface area contributed by atoms with Gasteiger partial charge in [0.2, 0.25) is 5.91 Å². The molecule has 0 radical (unpaired) electrons. The summed E-state index contributed by atoms with van der Waals surface area (Å²) < 4.78 is 13.8. The van der Waals surface area contributed by atoms with Gasteiger partial charge < -0.3 is 10.2 Å². The van der Waals surface area contributed by atoms with E-state index in [-0.39, 0.29) is 11.9 Å². The van der Waals surface area contributed by atoms with Gasteiger partial charge in [-0.15, -0.1) is 0 Å². The minimum Gasteiger partial charge on any atom is -0.367 e. The van der Waals surface area contributed by atoms with E-state index in [9.17, 15) is 14.0 Å². The molecule has 5 heteroatoms. The minimum absolute atomic E-state index is 0.0626. The zero-order chi connectivity index (χ0) is 13.1. The second-order valence-corrected chi connectivity index (χ2v) is 4.46. The van der Waals surface area contributed by atoms with Crippen molar-refractivity contribution in [2.45, 2.75) is 19.4 Å². The van der Waals surface area contributed by atoms with Crippen molar-refractivity contribution >= 4 is 17.9 Å². The van der Waals surface area contributed by atoms with Gasteiger partial charge in [0.05, 0.1) is 5.69 Å². The number of halogens is 1. The van der Waals surface area contributed by atoms with Crippen LogP contribution in [-0.2, 0) is 4.79 Å². The van der Waals surface area contributed by atoms with E-state index in [2.05, 4.69) is 5.32 Å². The molecule has 0 saturated carbocycles. The molecule has 0 spiro atoms. The molecular formula is C13H15FN2O2. The molecule has 1 N–H and O–H groups in total. The molecule has 1 aliphatic heterocycles. The van der Waals surface area contributed by atoms with Gasteiger partial charge in [-0.1, -0.05) is 0 Å². The third-order valence-electron chi connectivity index (χ3n) is 3.04. The van der Waals surface area contributed by atoms with Crippen molar-refractivity contribution in [3.05, 3.63) is 29.6 Å². The van der Waals surface area contributed by atoms with Gasteiger partial charge >= 0.3 is 0 Å². The van der Waals surface area contributed by atoms with Crippen molar-refractivity contribution in [1.29, 1.82) is 0 Å². The van der Waals surface area contributed by atoms with Gasteiger partial charge in [-0.3, -0.25) is 9.59 Å². The van der Waals surface area contributed by atoms with Crippen LogP contribution in [-0.4, -0.2) is 31.3 Å². The zero-order valence-corrected chi connectivity index (χ0v) is 10.1. The van der Waals surface area contributed by atoms with Gasteiger partial charge in [0.1, 0.15) is 12.1 Å². The maximum absolute atomic E-state index is 13.8. The van der Waals surface area contributed by atoms with Crippen LogP contribution in [0.25, 0.3) is 0 Å². The molecular weight excluding hydrogens is 235 g/mol. The first-order valence-electron chi connectivity index (χ1n) is 5.87. The fourth-order valence-electron chi connectivity index (χ4n) is 2.24. The summed E-state index contributed by atoms with van der Waals surface area (Å²) in [5.74, 6) is -0.471. The van der Waals surface area contributed by atoms with E-state index >= 15 is 0 Å². The van der Waals surface area contributed by atoms with E-state index in [1.807, 2.05) is 4.90 Å². The summed E-state index contributed by atoms with van der Waals surface area (Å²) in [4.78, 5) is 23.4. The lowest BCUT2D eigenvalue weighted by molar-refractivity contribution is -0.119. The average Bonchev–Trinajstić information content (AvgIpc) is 2.76. The zero-order valence-electron chi connectivity index (χ0n) is 10.1. The Morgan fingerprint density at radius 3 is 2.94 bits per heavy atom. The summed E-state index contributed by atoms with van der Waals surface area (Å²) in [6, 6.07) is 4.49. The molecule has 1 aromatic carbocycles. The van der Waals surface area contributed by atoms with E-state index in [1.165, 1.54) is 13.0 Å². The van der Waals surface area contributed by atoms with Crippen LogP contribution < -0.4 is 10.2 Å². The number of hydrogen-bond donors (Lipinski definition) is 1. The first kappa shape index (κ1) is 12.5. The summed E-state index contributed by atoms with van der Waals surface area (Å²) in [5, 5.41) is 2.82. The molecule has 0 aromatic heterocycles. The number of aldehydes is 1. The average molecular weight is 250 g/mol. The van der Waals surface area contributed by atoms with E-state index in [4.69, 9.17) is 0 Å². The summed E-state index contributed by atoms with van der Waals surface area (Å²) in [6.07, 6.45) is 1.42. The van der Waals surface area contributed by atoms with Crippen molar-refractivity contribution in [3.8, 4) is 0 Å². The molecule has 1 unspecified atom stereocenters. The first-order chi connectivity index (χ1) is 8.60. The van der Waals surface area contributed by atoms with Crippen LogP contribution >= 0.6 is 0 Å². The number of nitrogens with one attached hydrogen (secondary N) is 1. The van der Waals surface area contributed by atoms with Crippen molar-refractivity contribution < 1.29 is 14.0 Å². The number of hydrogen-bond acceptors (Lipinski definition) is 3. The predicted molar refractivity (Wildman–Crippen MR) is 66.2 cm³/mol. The van der Waals surface area contributed by atoms with Crippen molar-refractivity contribution in [2.75, 3.05) is 18.0 Å². The summed E-state index contributed by atoms with van der Waals surface area (Å²) in [7, 11) is 0. The van der Waals surface area contributed by atoms with Gasteiger partial charge in [0, 0.05) is 31.6 Å². The van der Waals surface area contributed by atoms with Gasteiger partial charge in [-0.25, -0.2) is 4.39 Å². The molecule has 1 heterocycles. The summed E-state index contributed by atoms with van der Waals surface area (Å²) >= 11 is 0. The van der Waals surface area contributed by atoms with Crippen LogP contribution in [0.1, 0.15) is 23.7 Å². The van der Waals surface area contributed by atoms with E-state index in [0.29, 0.717) is 30.6 Å². The Morgan fingerprint density at radius 2 is 2.33 bits per heavy atom. The molecule has 96 valence electrons. The van der Waals surface area contributed by atoms with Crippen molar-refractivity contribution in [1.82, 2.24) is 5.32 Å². The fourth-order valence-corrected chi connectivity index (χ4v) is 2.24. The Labute approximate surface area is 105 Å². The Kier molecular flexibility index (Phi) is 3.60. The number of carbonyl (C=O) groups is 2. The lowest BCUT2D eigenvalue weighted by Crippen LogP contribution is -2.35. The smallest absolute Gasteiger partial charge is 0.217 e. The standard InChI is InChI=1S/C13H15FN2O2/c1-9(18)15-11-4-5-16(7-11)13-3-2-10(8-17)6-12(13)14/h2-3,6,8,11H,4-5,7H2,1H3,(H,15,18). The van der Waals surface area contributed by atoms with Gasteiger partial charge in [-0.05, 0) is 24.6 Å². The highest BCUT2D eigenvalue weighted by molar-refractivity contribution is 5.76. The Hall–Kier alpha value is -1.91. The maximum atomic E-state index is 13.8. The SMILES string of the molecule is CC(=O)NC1CCN(c2ccc(C=O)cc2F)C1. The van der Waals surface area contributed by atoms with Crippen LogP contribution in [0.2, 0.25) is 0 Å². The molecule has 2 rings (SSSR count). The highest BCUT2D eigenvalue weighted by Gasteiger charge is 2.24. The molecule has 1 aromatic rings. The monoisotopic (exact) mass is 250 g/mol. The number of rotatable bonds is 3. The third kappa shape index (κ3) is 2.67. The molecule has 1 aliphatic rings. The predicted octanol–water partition coefficient (Wildman–Crippen LogP) is 1.35. The first-order valence-corrected chi connectivity index (χ1v) is 5.87. The maximum Gasteiger partial charge on any atom is 0.217 e. The molecule has 0 bridgehead atoms. The van der Waals surface area contributed by atoms with Gasteiger partial charge in [-0.2, -0.15) is 0 Å². The number of benzene rings is 1. The van der Waals surface area contributed by atoms with Crippen LogP contribution in [0.4, 0.5) is 10.1 Å². The van der Waals surface area contributed by atoms with E-state index in [0.717, 1.165) is 6.42 Å². The Morgan fingerprint density at radius 1 is 1.56 bits per heavy atom. The second kappa shape index (κ2) is 5.16. The minimum atomic E-state index is -0.400. The highest BCUT2D eigenvalue weighted by atomic mass is 19.1. The molecule has 18 heavy (non-hydrogen) atoms. The number of nitrogens with zero attached hydrogens (tertiary/aromatic N) is 1. The lowest BCUT2D eigenvalue weighted by atomic mass is 10.2. The molecule has 1 atom stereocenters. The molecule has 4 nitrogen and oxygen atoms in total. The summed E-state index contributed by atoms with van der Waals surface area (Å²) in [5.41, 5.74) is 0.808. The summed E-state index contributed by atoms with van der Waals surface area (Å²) in [6.45, 7) is 2.77. The van der Waals surface area contributed by atoms with Crippen molar-refractivity contribution in [2.24, 2.45) is 0 Å². The molecule has 1 fully saturated rings. The van der Waals surface area contributed by atoms with Gasteiger partial charge in [0.25, 0.3) is 0 Å². The normalized spacial score (nSPS) is 18.8. The molecule has 0 aliphatic carbocycles. The van der Waals surface area contributed by atoms with Gasteiger partial charge in [0.15, 0.2) is 0 Å². The molecule has 1 saturated heterocycles. The quantitative estimate of drug-likeness (QED) is 0.824.